The smallest absolute Gasteiger partial charge is 0.331 e. The predicted octanol–water partition coefficient (Wildman–Crippen LogP) is 3.23. The molecule has 3 atom stereocenters. The molecule has 0 saturated carbocycles. The second-order valence-electron chi connectivity index (χ2n) is 7.60. The topological polar surface area (TPSA) is 72.8 Å². The lowest BCUT2D eigenvalue weighted by atomic mass is 9.96. The summed E-state index contributed by atoms with van der Waals surface area (Å²) < 4.78 is 11.0. The molecule has 5 nitrogen and oxygen atoms in total. The first-order valence-electron chi connectivity index (χ1n) is 8.77. The van der Waals surface area contributed by atoms with E-state index in [0.29, 0.717) is 25.0 Å². The molecule has 25 heavy (non-hydrogen) atoms. The van der Waals surface area contributed by atoms with Gasteiger partial charge >= 0.3 is 5.97 Å². The number of ether oxygens (including phenoxy) is 2. The SMILES string of the molecule is CC1=CC(=O)O[C@@H](/C=C(\C)[C@@H](O)CC[C@@H](C)C2=CC(=O)C(C)(C)O2)C1. The number of hydrogen-bond donors (Lipinski definition) is 1. The molecule has 0 amide bonds. The van der Waals surface area contributed by atoms with Gasteiger partial charge in [0.05, 0.1) is 6.10 Å². The summed E-state index contributed by atoms with van der Waals surface area (Å²) in [6.45, 7) is 9.25. The first kappa shape index (κ1) is 19.4. The number of esters is 1. The average molecular weight is 348 g/mol. The molecule has 1 N–H and O–H groups in total. The predicted molar refractivity (Wildman–Crippen MR) is 94.7 cm³/mol. The van der Waals surface area contributed by atoms with Crippen molar-refractivity contribution >= 4 is 11.8 Å². The number of cyclic esters (lactones) is 1. The lowest BCUT2D eigenvalue weighted by Gasteiger charge is -2.23. The third-order valence-corrected chi connectivity index (χ3v) is 4.73. The van der Waals surface area contributed by atoms with Gasteiger partial charge in [0, 0.05) is 24.5 Å². The molecule has 2 aliphatic rings. The van der Waals surface area contributed by atoms with Crippen LogP contribution in [0.4, 0.5) is 0 Å². The van der Waals surface area contributed by atoms with Gasteiger partial charge < -0.3 is 14.6 Å². The number of allylic oxidation sites excluding steroid dienone is 1. The molecule has 2 aliphatic heterocycles. The summed E-state index contributed by atoms with van der Waals surface area (Å²) in [5.74, 6) is 0.392. The number of rotatable bonds is 6. The largest absolute Gasteiger partial charge is 0.484 e. The molecule has 0 unspecified atom stereocenters. The van der Waals surface area contributed by atoms with Gasteiger partial charge in [-0.25, -0.2) is 4.79 Å². The quantitative estimate of drug-likeness (QED) is 0.589. The molecular weight excluding hydrogens is 320 g/mol. The van der Waals surface area contributed by atoms with Crippen LogP contribution in [0, 0.1) is 5.92 Å². The summed E-state index contributed by atoms with van der Waals surface area (Å²) in [5, 5.41) is 10.4. The van der Waals surface area contributed by atoms with Gasteiger partial charge in [0.1, 0.15) is 11.9 Å². The Balaban J connectivity index is 1.87. The maximum atomic E-state index is 11.8. The van der Waals surface area contributed by atoms with Crippen molar-refractivity contribution in [1.82, 2.24) is 0 Å². The summed E-state index contributed by atoms with van der Waals surface area (Å²) in [6.07, 6.45) is 5.86. The molecule has 138 valence electrons. The first-order valence-corrected chi connectivity index (χ1v) is 8.77. The minimum Gasteiger partial charge on any atom is -0.484 e. The van der Waals surface area contributed by atoms with Crippen LogP contribution in [0.5, 0.6) is 0 Å². The first-order chi connectivity index (χ1) is 11.6. The van der Waals surface area contributed by atoms with Crippen LogP contribution in [0.25, 0.3) is 0 Å². The molecule has 0 aromatic rings. The average Bonchev–Trinajstić information content (AvgIpc) is 2.77. The van der Waals surface area contributed by atoms with Crippen molar-refractivity contribution in [3.63, 3.8) is 0 Å². The van der Waals surface area contributed by atoms with Gasteiger partial charge in [0.15, 0.2) is 5.60 Å². The molecule has 2 heterocycles. The zero-order chi connectivity index (χ0) is 18.8. The Labute approximate surface area is 149 Å². The second-order valence-corrected chi connectivity index (χ2v) is 7.60. The van der Waals surface area contributed by atoms with Gasteiger partial charge in [-0.15, -0.1) is 0 Å². The summed E-state index contributed by atoms with van der Waals surface area (Å²) in [6, 6.07) is 0. The standard InChI is InChI=1S/C20H28O5/c1-12-8-15(24-19(23)9-12)10-14(3)16(21)7-6-13(2)17-11-18(22)20(4,5)25-17/h9-11,13,15-16,21H,6-8H2,1-5H3/b14-10+/t13-,15-,16+/m1/s1. The van der Waals surface area contributed by atoms with Gasteiger partial charge in [-0.3, -0.25) is 4.79 Å². The maximum absolute atomic E-state index is 11.8. The Morgan fingerprint density at radius 1 is 1.36 bits per heavy atom. The van der Waals surface area contributed by atoms with Crippen molar-refractivity contribution in [2.75, 3.05) is 0 Å². The third-order valence-electron chi connectivity index (χ3n) is 4.73. The van der Waals surface area contributed by atoms with E-state index in [1.165, 1.54) is 6.08 Å². The Kier molecular flexibility index (Phi) is 5.88. The third kappa shape index (κ3) is 5.05. The van der Waals surface area contributed by atoms with E-state index in [-0.39, 0.29) is 23.8 Å². The maximum Gasteiger partial charge on any atom is 0.331 e. The van der Waals surface area contributed by atoms with Crippen molar-refractivity contribution in [3.05, 3.63) is 35.1 Å². The Morgan fingerprint density at radius 3 is 2.60 bits per heavy atom. The molecule has 0 fully saturated rings. The number of aliphatic hydroxyl groups is 1. The van der Waals surface area contributed by atoms with Crippen molar-refractivity contribution in [1.29, 1.82) is 0 Å². The molecule has 0 bridgehead atoms. The van der Waals surface area contributed by atoms with Crippen molar-refractivity contribution in [3.8, 4) is 0 Å². The minimum absolute atomic E-state index is 0.0199. The van der Waals surface area contributed by atoms with E-state index >= 15 is 0 Å². The Morgan fingerprint density at radius 2 is 2.04 bits per heavy atom. The minimum atomic E-state index is -0.783. The molecule has 0 saturated heterocycles. The lowest BCUT2D eigenvalue weighted by molar-refractivity contribution is -0.142. The summed E-state index contributed by atoms with van der Waals surface area (Å²) >= 11 is 0. The molecule has 0 spiro atoms. The fraction of sp³-hybridized carbons (Fsp3) is 0.600. The number of hydrogen-bond acceptors (Lipinski definition) is 5. The number of aliphatic hydroxyl groups excluding tert-OH is 1. The number of ketones is 1. The molecule has 5 heteroatoms. The molecule has 0 aliphatic carbocycles. The van der Waals surface area contributed by atoms with Gasteiger partial charge in [-0.2, -0.15) is 0 Å². The monoisotopic (exact) mass is 348 g/mol. The fourth-order valence-corrected chi connectivity index (χ4v) is 3.00. The zero-order valence-electron chi connectivity index (χ0n) is 15.7. The van der Waals surface area contributed by atoms with Crippen LogP contribution in [0.2, 0.25) is 0 Å². The second kappa shape index (κ2) is 7.56. The van der Waals surface area contributed by atoms with Gasteiger partial charge in [-0.1, -0.05) is 12.5 Å². The van der Waals surface area contributed by atoms with Crippen molar-refractivity contribution < 1.29 is 24.2 Å². The van der Waals surface area contributed by atoms with E-state index in [9.17, 15) is 14.7 Å². The Bertz CT molecular complexity index is 638. The highest BCUT2D eigenvalue weighted by atomic mass is 16.5. The van der Waals surface area contributed by atoms with E-state index in [1.807, 2.05) is 26.8 Å². The van der Waals surface area contributed by atoms with Crippen molar-refractivity contribution in [2.24, 2.45) is 5.92 Å². The van der Waals surface area contributed by atoms with Crippen molar-refractivity contribution in [2.45, 2.75) is 71.7 Å². The van der Waals surface area contributed by atoms with Crippen LogP contribution in [0.3, 0.4) is 0 Å². The molecule has 0 radical (unpaired) electrons. The molecule has 0 aromatic heterocycles. The van der Waals surface area contributed by atoms with E-state index < -0.39 is 11.7 Å². The van der Waals surface area contributed by atoms with Crippen LogP contribution < -0.4 is 0 Å². The van der Waals surface area contributed by atoms with Gasteiger partial charge in [-0.05, 0) is 52.2 Å². The molecular formula is C20H28O5. The Hall–Kier alpha value is -1.88. The van der Waals surface area contributed by atoms with E-state index in [2.05, 4.69) is 0 Å². The van der Waals surface area contributed by atoms with E-state index in [0.717, 1.165) is 11.1 Å². The normalized spacial score (nSPS) is 25.7. The summed E-state index contributed by atoms with van der Waals surface area (Å²) in [7, 11) is 0. The van der Waals surface area contributed by atoms with E-state index in [4.69, 9.17) is 9.47 Å². The highest BCUT2D eigenvalue weighted by Crippen LogP contribution is 2.31. The molecule has 0 aromatic carbocycles. The molecule has 2 rings (SSSR count). The summed E-state index contributed by atoms with van der Waals surface area (Å²) in [5.41, 5.74) is 0.984. The van der Waals surface area contributed by atoms with Crippen LogP contribution in [0.1, 0.15) is 53.9 Å². The highest BCUT2D eigenvalue weighted by Gasteiger charge is 2.36. The van der Waals surface area contributed by atoms with Crippen LogP contribution in [-0.4, -0.2) is 34.7 Å². The van der Waals surface area contributed by atoms with Gasteiger partial charge in [0.25, 0.3) is 0 Å². The fourth-order valence-electron chi connectivity index (χ4n) is 3.00. The number of carbonyl (C=O) groups excluding carboxylic acids is 2. The zero-order valence-corrected chi connectivity index (χ0v) is 15.7. The van der Waals surface area contributed by atoms with Crippen LogP contribution in [-0.2, 0) is 19.1 Å². The number of carbonyl (C=O) groups is 2. The van der Waals surface area contributed by atoms with Gasteiger partial charge in [0.2, 0.25) is 5.78 Å². The highest BCUT2D eigenvalue weighted by molar-refractivity contribution is 5.98. The van der Waals surface area contributed by atoms with Crippen LogP contribution >= 0.6 is 0 Å². The summed E-state index contributed by atoms with van der Waals surface area (Å²) in [4.78, 5) is 23.3. The van der Waals surface area contributed by atoms with E-state index in [1.54, 1.807) is 19.9 Å². The lowest BCUT2D eigenvalue weighted by Crippen LogP contribution is -2.28. The van der Waals surface area contributed by atoms with Crippen LogP contribution in [0.15, 0.2) is 35.1 Å².